The summed E-state index contributed by atoms with van der Waals surface area (Å²) in [6.45, 7) is 114. The second kappa shape index (κ2) is 24.8. The first-order valence-electron chi connectivity index (χ1n) is 23.4. The first kappa shape index (κ1) is 62.9. The molecule has 371 valence electrons. The Morgan fingerprint density at radius 3 is 0.389 bits per heavy atom. The van der Waals surface area contributed by atoms with E-state index < -0.39 is 0 Å². The van der Waals surface area contributed by atoms with E-state index in [0.29, 0.717) is 0 Å². The van der Waals surface area contributed by atoms with E-state index in [4.69, 9.17) is 0 Å². The van der Waals surface area contributed by atoms with Gasteiger partial charge in [-0.15, -0.1) is 0 Å². The Bertz CT molecular complexity index is 3370. The molecule has 0 saturated carbocycles. The van der Waals surface area contributed by atoms with Gasteiger partial charge in [-0.2, -0.15) is 0 Å². The van der Waals surface area contributed by atoms with Gasteiger partial charge in [0.2, 0.25) is 0 Å². The van der Waals surface area contributed by atoms with Gasteiger partial charge >= 0.3 is 70.5 Å². The molecule has 3 aromatic rings. The van der Waals surface area contributed by atoms with Gasteiger partial charge in [0.05, 0.1) is 0 Å². The van der Waals surface area contributed by atoms with E-state index in [9.17, 15) is 0 Å². The van der Waals surface area contributed by atoms with E-state index in [1.54, 1.807) is 0 Å². The summed E-state index contributed by atoms with van der Waals surface area (Å²) in [7, 11) is 0. The molecule has 7 rings (SSSR count). The maximum atomic E-state index is 3.95. The summed E-state index contributed by atoms with van der Waals surface area (Å²) in [4.78, 5) is 0. The number of benzene rings is 3. The van der Waals surface area contributed by atoms with Crippen molar-refractivity contribution in [1.82, 2.24) is 0 Å². The predicted molar refractivity (Wildman–Crippen MR) is 331 cm³/mol. The van der Waals surface area contributed by atoms with Crippen molar-refractivity contribution in [2.75, 3.05) is 0 Å². The molecule has 4 aliphatic rings. The molecule has 0 unspecified atom stereocenters. The minimum absolute atomic E-state index is 0.817. The Labute approximate surface area is 443 Å². The quantitative estimate of drug-likeness (QED) is 0.214. The fourth-order valence-electron chi connectivity index (χ4n) is 7.40. The van der Waals surface area contributed by atoms with Gasteiger partial charge in [-0.25, -0.2) is 0 Å². The van der Waals surface area contributed by atoms with Gasteiger partial charge in [0, 0.05) is 0 Å². The average molecular weight is 986 g/mol. The SMILES string of the molecule is C=C1C(=C)C(C)=C(C)C1=C.C=C1C(=C)C(C)=C(C)[C]1=[V].C=C1C(=C)C(C)=C1C.C=C1C(=C)C(C)=C1C.C=c1c(=C)c(=C)c(=C)c(=C)c1=C.C=c1c(C)c(C)c(=C)c(=C)c1=C.C=c1c(C)c(C)c(=C)c(=C)c1=C. The number of hydrogen-bond donors (Lipinski definition) is 0. The summed E-state index contributed by atoms with van der Waals surface area (Å²) < 4.78 is 1.23. The van der Waals surface area contributed by atoms with Crippen LogP contribution in [0, 0.1) is 27.7 Å². The molecule has 3 aromatic carbocycles. The van der Waals surface area contributed by atoms with Crippen LogP contribution in [0.1, 0.15) is 77.6 Å². The minimum Gasteiger partial charge on any atom is -0.0909 e. The topological polar surface area (TPSA) is 0 Å². The van der Waals surface area contributed by atoms with Crippen LogP contribution in [-0.4, -0.2) is 4.23 Å². The van der Waals surface area contributed by atoms with E-state index in [1.165, 1.54) is 71.1 Å². The van der Waals surface area contributed by atoms with E-state index in [1.807, 2.05) is 27.7 Å². The maximum absolute atomic E-state index is 3.95. The van der Waals surface area contributed by atoms with Gasteiger partial charge < -0.3 is 0 Å². The predicted octanol–water partition coefficient (Wildman–Crippen LogP) is 8.11. The number of allylic oxidation sites excluding steroid dienone is 17. The van der Waals surface area contributed by atoms with E-state index in [-0.39, 0.29) is 0 Å². The van der Waals surface area contributed by atoms with Crippen molar-refractivity contribution in [2.24, 2.45) is 0 Å². The molecule has 1 heteroatoms. The molecule has 0 N–H and O–H groups in total. The molecule has 72 heavy (non-hydrogen) atoms. The molecule has 0 nitrogen and oxygen atoms in total. The molecule has 0 bridgehead atoms. The molecule has 0 aliphatic heterocycles. The first-order valence-corrected chi connectivity index (χ1v) is 24.1. The van der Waals surface area contributed by atoms with Gasteiger partial charge in [-0.1, -0.05) is 138 Å². The molecule has 0 spiro atoms. The van der Waals surface area contributed by atoms with Crippen molar-refractivity contribution in [3.8, 4) is 0 Å². The zero-order chi connectivity index (χ0) is 56.8. The van der Waals surface area contributed by atoms with Crippen LogP contribution < -0.4 is 73.1 Å². The Balaban J connectivity index is 0.000000422. The molecule has 0 fully saturated rings. The van der Waals surface area contributed by atoms with E-state index >= 15 is 0 Å². The van der Waals surface area contributed by atoms with Crippen LogP contribution in [0.2, 0.25) is 0 Å². The molecule has 0 heterocycles. The van der Waals surface area contributed by atoms with Crippen molar-refractivity contribution < 1.29 is 17.0 Å². The normalized spacial score (nSPS) is 14.7. The fourth-order valence-corrected chi connectivity index (χ4v) is 7.88. The van der Waals surface area contributed by atoms with Gasteiger partial charge in [-0.3, -0.25) is 0 Å². The van der Waals surface area contributed by atoms with Gasteiger partial charge in [0.15, 0.2) is 0 Å². The van der Waals surface area contributed by atoms with Gasteiger partial charge in [0.1, 0.15) is 0 Å². The molecule has 0 atom stereocenters. The second-order valence-electron chi connectivity index (χ2n) is 18.9. The molecule has 0 amide bonds. The number of rotatable bonds is 0. The number of hydrogen-bond acceptors (Lipinski definition) is 0. The van der Waals surface area contributed by atoms with Crippen LogP contribution in [-0.2, 0) is 17.0 Å². The molecule has 0 saturated heterocycles. The van der Waals surface area contributed by atoms with E-state index in [2.05, 4.69) is 224 Å². The third kappa shape index (κ3) is 12.9. The average Bonchev–Trinajstić information content (AvgIpc) is 3.65. The van der Waals surface area contributed by atoms with Crippen molar-refractivity contribution in [1.29, 1.82) is 0 Å². The summed E-state index contributed by atoms with van der Waals surface area (Å²) in [5, 5.41) is 12.5. The van der Waals surface area contributed by atoms with Crippen molar-refractivity contribution in [3.05, 3.63) is 249 Å². The summed E-state index contributed by atoms with van der Waals surface area (Å²) in [5.74, 6) is 0. The largest absolute Gasteiger partial charge is 0.0909 e. The van der Waals surface area contributed by atoms with Crippen LogP contribution in [0.4, 0.5) is 0 Å². The molecule has 0 radical (unpaired) electrons. The third-order valence-corrected chi connectivity index (χ3v) is 16.1. The van der Waals surface area contributed by atoms with Crippen LogP contribution in [0.5, 0.6) is 0 Å². The van der Waals surface area contributed by atoms with E-state index in [0.717, 1.165) is 123 Å². The standard InChI is InChI=1S/2C12H14.C12H12.C10H12.C9H10.2C8H10.V/c3*1-7-8(2)10(4)12(6)11(5)9(7)3;1-6-7(2)9(4)10(5)8(6)3;1-6-5-7(2)9(4)8(6)3;2*1-5-6(2)8(4)7(5)3;/h2*1-4H2,5-6H3;1-6H2;1-3H2,4-5H3;1,3H2,2,4H3;2*1-2H2,3-4H3;. The van der Waals surface area contributed by atoms with Crippen molar-refractivity contribution in [3.63, 3.8) is 0 Å². The van der Waals surface area contributed by atoms with Gasteiger partial charge in [-0.05, 0) is 237 Å². The molecule has 4 aliphatic carbocycles. The fraction of sp³-hybridized carbons (Fsp3) is 0.169. The summed E-state index contributed by atoms with van der Waals surface area (Å²) in [6.07, 6.45) is 0. The molecular formula is C71H82V. The Hall–Kier alpha value is -7.09. The minimum atomic E-state index is 0.817. The maximum Gasteiger partial charge on any atom is -0.0183 e. The summed E-state index contributed by atoms with van der Waals surface area (Å²) >= 11 is 2.55. The first-order chi connectivity index (χ1) is 32.8. The second-order valence-corrected chi connectivity index (χ2v) is 19.6. The summed E-state index contributed by atoms with van der Waals surface area (Å²) in [6, 6.07) is 0. The Morgan fingerprint density at radius 2 is 0.292 bits per heavy atom. The van der Waals surface area contributed by atoms with Gasteiger partial charge in [0.25, 0.3) is 0 Å². The van der Waals surface area contributed by atoms with Crippen LogP contribution in [0.15, 0.2) is 154 Å². The Morgan fingerprint density at radius 1 is 0.167 bits per heavy atom. The van der Waals surface area contributed by atoms with Crippen LogP contribution in [0.3, 0.4) is 0 Å². The zero-order valence-corrected chi connectivity index (χ0v) is 48.1. The smallest absolute Gasteiger partial charge is 0.0183 e. The Kier molecular flexibility index (Phi) is 21.7. The monoisotopic (exact) mass is 986 g/mol. The third-order valence-electron chi connectivity index (χ3n) is 15.2. The molecular weight excluding hydrogens is 904 g/mol. The zero-order valence-electron chi connectivity index (χ0n) is 46.7. The van der Waals surface area contributed by atoms with Crippen LogP contribution >= 0.6 is 0 Å². The van der Waals surface area contributed by atoms with Crippen molar-refractivity contribution >= 4 is 96.3 Å². The molecule has 0 aromatic heterocycles. The van der Waals surface area contributed by atoms with Crippen molar-refractivity contribution in [2.45, 2.75) is 83.1 Å². The van der Waals surface area contributed by atoms with Crippen LogP contribution in [0.25, 0.3) is 92.1 Å². The summed E-state index contributed by atoms with van der Waals surface area (Å²) in [5.41, 5.74) is 24.8.